The van der Waals surface area contributed by atoms with Crippen LogP contribution in [0.5, 0.6) is 5.88 Å². The molecule has 1 fully saturated rings. The molecule has 2 aliphatic rings. The molecule has 37 heavy (non-hydrogen) atoms. The molecule has 3 N–H and O–H groups in total. The van der Waals surface area contributed by atoms with Gasteiger partial charge in [-0.3, -0.25) is 4.90 Å². The summed E-state index contributed by atoms with van der Waals surface area (Å²) in [6, 6.07) is 10.7. The number of aryl methyl sites for hydroxylation is 1. The molecule has 2 amide bonds. The van der Waals surface area contributed by atoms with Crippen LogP contribution in [-0.2, 0) is 0 Å². The third-order valence-electron chi connectivity index (χ3n) is 6.52. The van der Waals surface area contributed by atoms with Crippen LogP contribution < -0.4 is 19.9 Å². The average Bonchev–Trinajstić information content (AvgIpc) is 3.32. The van der Waals surface area contributed by atoms with Gasteiger partial charge in [0, 0.05) is 42.2 Å². The summed E-state index contributed by atoms with van der Waals surface area (Å²) in [4.78, 5) is 26.3. The van der Waals surface area contributed by atoms with Crippen LogP contribution in [0, 0.1) is 6.92 Å². The van der Waals surface area contributed by atoms with E-state index in [-0.39, 0.29) is 30.1 Å². The third-order valence-corrected chi connectivity index (χ3v) is 6.52. The molecule has 1 aromatic carbocycles. The van der Waals surface area contributed by atoms with Crippen LogP contribution in [0.4, 0.5) is 30.8 Å². The lowest BCUT2D eigenvalue weighted by Crippen LogP contribution is -2.48. The number of anilines is 3. The van der Waals surface area contributed by atoms with Crippen molar-refractivity contribution in [3.63, 3.8) is 0 Å². The molecule has 0 spiro atoms. The molecule has 1 saturated heterocycles. The summed E-state index contributed by atoms with van der Waals surface area (Å²) in [7, 11) is 0. The van der Waals surface area contributed by atoms with E-state index in [1.165, 1.54) is 24.4 Å². The van der Waals surface area contributed by atoms with Crippen molar-refractivity contribution in [1.82, 2.24) is 9.97 Å². The van der Waals surface area contributed by atoms with E-state index in [9.17, 15) is 18.7 Å². The second-order valence-electron chi connectivity index (χ2n) is 9.14. The molecular formula is C26H27F2N5O4. The number of aliphatic hydroxyl groups excluding tert-OH is 2. The molecule has 4 heterocycles. The van der Waals surface area contributed by atoms with Gasteiger partial charge in [-0.15, -0.1) is 0 Å². The number of nitrogens with one attached hydrogen (secondary N) is 1. The zero-order chi connectivity index (χ0) is 26.1. The molecule has 5 rings (SSSR count). The number of fused-ring (bicyclic) bond motifs is 4. The number of aromatic nitrogens is 2. The van der Waals surface area contributed by atoms with Crippen molar-refractivity contribution >= 4 is 23.2 Å². The van der Waals surface area contributed by atoms with Crippen molar-refractivity contribution in [1.29, 1.82) is 0 Å². The molecule has 2 aromatic heterocycles. The van der Waals surface area contributed by atoms with Crippen LogP contribution in [0.25, 0.3) is 11.3 Å². The number of carbonyl (C=O) groups excluding carboxylic acids is 1. The Labute approximate surface area is 212 Å². The van der Waals surface area contributed by atoms with Crippen molar-refractivity contribution in [2.75, 3.05) is 41.4 Å². The normalized spacial score (nSPS) is 17.1. The van der Waals surface area contributed by atoms with Gasteiger partial charge in [-0.25, -0.2) is 23.5 Å². The first-order valence-electron chi connectivity index (χ1n) is 12.0. The van der Waals surface area contributed by atoms with Crippen LogP contribution in [0.1, 0.15) is 24.0 Å². The number of aliphatic hydroxyl groups is 2. The number of hydrogen-bond donors (Lipinski definition) is 3. The third kappa shape index (κ3) is 5.05. The van der Waals surface area contributed by atoms with Gasteiger partial charge in [0.15, 0.2) is 5.82 Å². The number of alkyl halides is 2. The fraction of sp³-hybridized carbons (Fsp3) is 0.346. The molecule has 3 aromatic rings. The fourth-order valence-corrected chi connectivity index (χ4v) is 4.70. The summed E-state index contributed by atoms with van der Waals surface area (Å²) >= 11 is 0. The molecule has 9 nitrogen and oxygen atoms in total. The van der Waals surface area contributed by atoms with Crippen LogP contribution >= 0.6 is 0 Å². The Morgan fingerprint density at radius 3 is 2.89 bits per heavy atom. The topological polar surface area (TPSA) is 111 Å². The SMILES string of the molecule is Cc1cc2c(nc1-c1cccc(C(F)F)c1)N(C(=O)Nc1ccnc(OC[C@@H](O)CO)c1)[C@H]1CCN2C1. The quantitative estimate of drug-likeness (QED) is 0.443. The Morgan fingerprint density at radius 1 is 1.27 bits per heavy atom. The van der Waals surface area contributed by atoms with Gasteiger partial charge in [-0.1, -0.05) is 18.2 Å². The number of hydrogen-bond acceptors (Lipinski definition) is 7. The standard InChI is InChI=1S/C26H27F2N5O4/c1-15-9-21-25(31-23(15)16-3-2-4-17(10-16)24(27)28)33(19-6-8-32(21)12-19)26(36)30-18-5-7-29-22(11-18)37-14-20(35)13-34/h2-5,7,9-11,19-20,24,34-35H,6,8,12-14H2,1H3,(H,29,30,36)/t19-,20-/m0/s1. The Hall–Kier alpha value is -3.83. The highest BCUT2D eigenvalue weighted by molar-refractivity contribution is 6.05. The minimum Gasteiger partial charge on any atom is -0.475 e. The lowest BCUT2D eigenvalue weighted by molar-refractivity contribution is 0.0521. The Balaban J connectivity index is 1.45. The van der Waals surface area contributed by atoms with Gasteiger partial charge in [0.25, 0.3) is 6.43 Å². The van der Waals surface area contributed by atoms with Crippen LogP contribution in [0.15, 0.2) is 48.7 Å². The van der Waals surface area contributed by atoms with E-state index in [0.29, 0.717) is 29.3 Å². The van der Waals surface area contributed by atoms with Gasteiger partial charge in [0.1, 0.15) is 12.7 Å². The summed E-state index contributed by atoms with van der Waals surface area (Å²) in [5.41, 5.74) is 3.12. The monoisotopic (exact) mass is 511 g/mol. The second kappa shape index (κ2) is 10.3. The summed E-state index contributed by atoms with van der Waals surface area (Å²) in [5.74, 6) is 0.664. The van der Waals surface area contributed by atoms with Gasteiger partial charge < -0.3 is 25.2 Å². The lowest BCUT2D eigenvalue weighted by atomic mass is 10.0. The van der Waals surface area contributed by atoms with E-state index < -0.39 is 19.1 Å². The van der Waals surface area contributed by atoms with Crippen LogP contribution in [0.2, 0.25) is 0 Å². The molecule has 194 valence electrons. The molecule has 0 saturated carbocycles. The van der Waals surface area contributed by atoms with Gasteiger partial charge in [0.2, 0.25) is 5.88 Å². The number of urea groups is 1. The highest BCUT2D eigenvalue weighted by Crippen LogP contribution is 2.42. The number of ether oxygens (including phenoxy) is 1. The Kier molecular flexibility index (Phi) is 6.90. The van der Waals surface area contributed by atoms with E-state index in [0.717, 1.165) is 24.2 Å². The minimum absolute atomic E-state index is 0.0861. The van der Waals surface area contributed by atoms with Crippen molar-refractivity contribution in [2.45, 2.75) is 31.9 Å². The molecule has 2 bridgehead atoms. The number of pyridine rings is 2. The van der Waals surface area contributed by atoms with Crippen LogP contribution in [-0.4, -0.2) is 64.7 Å². The summed E-state index contributed by atoms with van der Waals surface area (Å²) in [6.45, 7) is 2.76. The van der Waals surface area contributed by atoms with E-state index in [4.69, 9.17) is 14.8 Å². The lowest BCUT2D eigenvalue weighted by Gasteiger charge is -2.36. The Bertz CT molecular complexity index is 1310. The largest absolute Gasteiger partial charge is 0.475 e. The zero-order valence-electron chi connectivity index (χ0n) is 20.1. The minimum atomic E-state index is -2.59. The average molecular weight is 512 g/mol. The van der Waals surface area contributed by atoms with Gasteiger partial charge >= 0.3 is 6.03 Å². The second-order valence-corrected chi connectivity index (χ2v) is 9.14. The molecular weight excluding hydrogens is 484 g/mol. The number of nitrogens with zero attached hydrogens (tertiary/aromatic N) is 4. The van der Waals surface area contributed by atoms with Gasteiger partial charge in [-0.05, 0) is 37.1 Å². The van der Waals surface area contributed by atoms with E-state index >= 15 is 0 Å². The van der Waals surface area contributed by atoms with Crippen molar-refractivity contribution < 1.29 is 28.5 Å². The maximum atomic E-state index is 13.5. The molecule has 0 radical (unpaired) electrons. The fourth-order valence-electron chi connectivity index (χ4n) is 4.70. The first-order valence-corrected chi connectivity index (χ1v) is 12.0. The van der Waals surface area contributed by atoms with E-state index in [1.54, 1.807) is 23.1 Å². The maximum absolute atomic E-state index is 13.5. The van der Waals surface area contributed by atoms with Crippen molar-refractivity contribution in [3.8, 4) is 17.1 Å². The zero-order valence-corrected chi connectivity index (χ0v) is 20.1. The number of rotatable bonds is 7. The number of benzene rings is 1. The highest BCUT2D eigenvalue weighted by Gasteiger charge is 2.40. The molecule has 11 heteroatoms. The summed E-state index contributed by atoms with van der Waals surface area (Å²) < 4.78 is 32.0. The molecule has 2 aliphatic heterocycles. The predicted octanol–water partition coefficient (Wildman–Crippen LogP) is 3.75. The van der Waals surface area contributed by atoms with E-state index in [1.807, 2.05) is 13.0 Å². The van der Waals surface area contributed by atoms with Crippen LogP contribution in [0.3, 0.4) is 0 Å². The highest BCUT2D eigenvalue weighted by atomic mass is 19.3. The molecule has 0 aliphatic carbocycles. The molecule has 0 unspecified atom stereocenters. The number of amides is 2. The van der Waals surface area contributed by atoms with Crippen molar-refractivity contribution in [2.24, 2.45) is 0 Å². The summed E-state index contributed by atoms with van der Waals surface area (Å²) in [6.07, 6.45) is -1.40. The first-order chi connectivity index (χ1) is 17.8. The number of halogens is 2. The summed E-state index contributed by atoms with van der Waals surface area (Å²) in [5, 5.41) is 21.3. The maximum Gasteiger partial charge on any atom is 0.327 e. The molecule has 2 atom stereocenters. The smallest absolute Gasteiger partial charge is 0.327 e. The van der Waals surface area contributed by atoms with E-state index in [2.05, 4.69) is 15.2 Å². The van der Waals surface area contributed by atoms with Gasteiger partial charge in [-0.2, -0.15) is 0 Å². The first kappa shape index (κ1) is 24.8. The Morgan fingerprint density at radius 2 is 2.11 bits per heavy atom. The number of carbonyl (C=O) groups is 1. The van der Waals surface area contributed by atoms with Crippen molar-refractivity contribution in [3.05, 3.63) is 59.8 Å². The van der Waals surface area contributed by atoms with Gasteiger partial charge in [0.05, 0.1) is 24.0 Å². The predicted molar refractivity (Wildman–Crippen MR) is 134 cm³/mol.